The molecule has 0 spiro atoms. The molecule has 0 N–H and O–H groups in total. The molecule has 4 nitrogen and oxygen atoms in total. The molecule has 11 rings (SSSR count). The first-order valence-electron chi connectivity index (χ1n) is 20.6. The fraction of sp³-hybridized carbons (Fsp3) is 0.226. The van der Waals surface area contributed by atoms with Gasteiger partial charge in [-0.2, -0.15) is 0 Å². The molecular weight excluding hydrogens is 707 g/mol. The van der Waals surface area contributed by atoms with E-state index in [2.05, 4.69) is 169 Å². The molecule has 0 saturated carbocycles. The van der Waals surface area contributed by atoms with Crippen LogP contribution >= 0.6 is 0 Å². The van der Waals surface area contributed by atoms with Gasteiger partial charge in [0.2, 0.25) is 0 Å². The normalized spacial score (nSPS) is 13.7. The molecule has 0 bridgehead atoms. The van der Waals surface area contributed by atoms with E-state index in [1.54, 1.807) is 0 Å². The molecule has 3 aromatic heterocycles. The Kier molecular flexibility index (Phi) is 7.12. The second-order valence-electron chi connectivity index (χ2n) is 19.7. The minimum atomic E-state index is -0.0450. The SMILES string of the molecule is CC(C)(C)c1ccc2c(c1)B1c3c(cc(-c4cccc5c4oc4c(-c6ccccn6)cccc45)cc3-n3c4ccc(C(C)(C)C)cc4c4cc(C(C)(C)C)cc1c43)O2. The highest BCUT2D eigenvalue weighted by Crippen LogP contribution is 2.45. The summed E-state index contributed by atoms with van der Waals surface area (Å²) in [7, 11) is 0. The first kappa shape index (κ1) is 35.1. The van der Waals surface area contributed by atoms with Crippen LogP contribution in [0, 0.1) is 0 Å². The van der Waals surface area contributed by atoms with Crippen molar-refractivity contribution in [1.82, 2.24) is 9.55 Å². The number of nitrogens with zero attached hydrogens (tertiary/aromatic N) is 2. The van der Waals surface area contributed by atoms with E-state index < -0.39 is 0 Å². The Bertz CT molecular complexity index is 3200. The number of fused-ring (bicyclic) bond motifs is 10. The zero-order chi connectivity index (χ0) is 40.0. The van der Waals surface area contributed by atoms with E-state index in [1.807, 2.05) is 24.4 Å². The van der Waals surface area contributed by atoms with Crippen LogP contribution in [0.4, 0.5) is 0 Å². The van der Waals surface area contributed by atoms with Gasteiger partial charge in [-0.1, -0.05) is 123 Å². The van der Waals surface area contributed by atoms with E-state index in [0.717, 1.165) is 61.5 Å². The van der Waals surface area contributed by atoms with Crippen molar-refractivity contribution in [3.8, 4) is 39.6 Å². The third-order valence-corrected chi connectivity index (χ3v) is 12.8. The minimum Gasteiger partial charge on any atom is -0.458 e. The Labute approximate surface area is 340 Å². The first-order chi connectivity index (χ1) is 27.6. The predicted molar refractivity (Wildman–Crippen MR) is 244 cm³/mol. The van der Waals surface area contributed by atoms with Crippen molar-refractivity contribution in [3.63, 3.8) is 0 Å². The number of aromatic nitrogens is 2. The van der Waals surface area contributed by atoms with E-state index in [0.29, 0.717) is 0 Å². The van der Waals surface area contributed by atoms with Crippen molar-refractivity contribution in [3.05, 3.63) is 138 Å². The van der Waals surface area contributed by atoms with Crippen molar-refractivity contribution in [1.29, 1.82) is 0 Å². The lowest BCUT2D eigenvalue weighted by Crippen LogP contribution is -2.58. The van der Waals surface area contributed by atoms with Crippen LogP contribution in [0.2, 0.25) is 0 Å². The van der Waals surface area contributed by atoms with Gasteiger partial charge in [0, 0.05) is 50.1 Å². The summed E-state index contributed by atoms with van der Waals surface area (Å²) in [6.45, 7) is 20.8. The maximum atomic E-state index is 7.11. The average Bonchev–Trinajstić information content (AvgIpc) is 3.74. The van der Waals surface area contributed by atoms with Crippen LogP contribution in [0.15, 0.2) is 126 Å². The van der Waals surface area contributed by atoms with Crippen molar-refractivity contribution < 1.29 is 9.15 Å². The Balaban J connectivity index is 1.25. The van der Waals surface area contributed by atoms with Gasteiger partial charge in [0.15, 0.2) is 0 Å². The van der Waals surface area contributed by atoms with Crippen LogP contribution in [0.25, 0.3) is 71.8 Å². The summed E-state index contributed by atoms with van der Waals surface area (Å²) in [4.78, 5) is 4.69. The standard InChI is InChI=1S/C53H47BN2O2/c1-51(2,3)31-19-21-43-38(26-31)39-27-33(53(7,8)9)29-41-48(39)56(43)44-24-30(25-46-47(44)54(41)40-28-32(52(4,5)6)20-22-45(40)57-46)34-14-12-15-35-36-16-13-17-37(50(36)58-49(34)35)42-18-10-11-23-55-42/h10-29H,1-9H3. The van der Waals surface area contributed by atoms with Crippen molar-refractivity contribution >= 4 is 66.8 Å². The van der Waals surface area contributed by atoms with E-state index in [1.165, 1.54) is 54.9 Å². The van der Waals surface area contributed by atoms with Crippen LogP contribution in [0.5, 0.6) is 11.5 Å². The van der Waals surface area contributed by atoms with Crippen molar-refractivity contribution in [2.24, 2.45) is 0 Å². The summed E-state index contributed by atoms with van der Waals surface area (Å²) in [5.41, 5.74) is 17.1. The number of ether oxygens (including phenoxy) is 1. The first-order valence-corrected chi connectivity index (χ1v) is 20.6. The van der Waals surface area contributed by atoms with Crippen LogP contribution < -0.4 is 21.1 Å². The lowest BCUT2D eigenvalue weighted by molar-refractivity contribution is 0.486. The third-order valence-electron chi connectivity index (χ3n) is 12.8. The monoisotopic (exact) mass is 754 g/mol. The molecule has 0 radical (unpaired) electrons. The number of hydrogen-bond donors (Lipinski definition) is 0. The van der Waals surface area contributed by atoms with E-state index in [-0.39, 0.29) is 23.0 Å². The number of furan rings is 1. The Morgan fingerprint density at radius 3 is 1.90 bits per heavy atom. The van der Waals surface area contributed by atoms with E-state index >= 15 is 0 Å². The predicted octanol–water partition coefficient (Wildman–Crippen LogP) is 12.2. The summed E-state index contributed by atoms with van der Waals surface area (Å²) in [5, 5.41) is 4.76. The molecule has 0 amide bonds. The lowest BCUT2D eigenvalue weighted by Gasteiger charge is -2.35. The smallest absolute Gasteiger partial charge is 0.256 e. The summed E-state index contributed by atoms with van der Waals surface area (Å²) in [5.74, 6) is 1.81. The van der Waals surface area contributed by atoms with Gasteiger partial charge in [-0.3, -0.25) is 4.98 Å². The number of benzene rings is 6. The zero-order valence-corrected chi connectivity index (χ0v) is 34.8. The zero-order valence-electron chi connectivity index (χ0n) is 34.8. The molecule has 2 aliphatic rings. The molecule has 284 valence electrons. The molecule has 0 fully saturated rings. The molecule has 2 aliphatic heterocycles. The van der Waals surface area contributed by atoms with Gasteiger partial charge < -0.3 is 13.7 Å². The second-order valence-corrected chi connectivity index (χ2v) is 19.7. The lowest BCUT2D eigenvalue weighted by atomic mass is 9.34. The molecular formula is C53H47BN2O2. The van der Waals surface area contributed by atoms with Gasteiger partial charge in [-0.15, -0.1) is 0 Å². The quantitative estimate of drug-likeness (QED) is 0.165. The van der Waals surface area contributed by atoms with E-state index in [4.69, 9.17) is 9.15 Å². The molecule has 0 atom stereocenters. The summed E-state index contributed by atoms with van der Waals surface area (Å²) >= 11 is 0. The summed E-state index contributed by atoms with van der Waals surface area (Å²) in [6, 6.07) is 42.5. The Hall–Kier alpha value is -6.07. The van der Waals surface area contributed by atoms with Gasteiger partial charge in [-0.25, -0.2) is 0 Å². The highest BCUT2D eigenvalue weighted by Gasteiger charge is 2.42. The Morgan fingerprint density at radius 1 is 0.534 bits per heavy atom. The maximum absolute atomic E-state index is 7.11. The number of para-hydroxylation sites is 2. The number of rotatable bonds is 2. The summed E-state index contributed by atoms with van der Waals surface area (Å²) in [6.07, 6.45) is 1.84. The van der Waals surface area contributed by atoms with E-state index in [9.17, 15) is 0 Å². The van der Waals surface area contributed by atoms with Gasteiger partial charge in [0.25, 0.3) is 6.71 Å². The van der Waals surface area contributed by atoms with Gasteiger partial charge in [-0.05, 0) is 109 Å². The molecule has 5 heterocycles. The minimum absolute atomic E-state index is 0.00303. The van der Waals surface area contributed by atoms with Crippen LogP contribution in [-0.4, -0.2) is 16.3 Å². The largest absolute Gasteiger partial charge is 0.458 e. The van der Waals surface area contributed by atoms with Gasteiger partial charge >= 0.3 is 0 Å². The summed E-state index contributed by atoms with van der Waals surface area (Å²) < 4.78 is 16.6. The highest BCUT2D eigenvalue weighted by molar-refractivity contribution is 6.99. The maximum Gasteiger partial charge on any atom is 0.256 e. The Morgan fingerprint density at radius 2 is 1.19 bits per heavy atom. The van der Waals surface area contributed by atoms with Gasteiger partial charge in [0.05, 0.1) is 11.2 Å². The molecule has 5 heteroatoms. The number of pyridine rings is 1. The number of hydrogen-bond acceptors (Lipinski definition) is 3. The average molecular weight is 755 g/mol. The molecule has 0 saturated heterocycles. The van der Waals surface area contributed by atoms with Crippen LogP contribution in [0.3, 0.4) is 0 Å². The fourth-order valence-corrected chi connectivity index (χ4v) is 9.58. The highest BCUT2D eigenvalue weighted by atomic mass is 16.5. The van der Waals surface area contributed by atoms with Crippen molar-refractivity contribution in [2.75, 3.05) is 0 Å². The molecule has 0 unspecified atom stereocenters. The second kappa shape index (κ2) is 11.8. The molecule has 6 aromatic carbocycles. The fourth-order valence-electron chi connectivity index (χ4n) is 9.58. The molecule has 58 heavy (non-hydrogen) atoms. The van der Waals surface area contributed by atoms with Crippen molar-refractivity contribution in [2.45, 2.75) is 78.6 Å². The van der Waals surface area contributed by atoms with Crippen LogP contribution in [-0.2, 0) is 16.2 Å². The third kappa shape index (κ3) is 5.05. The topological polar surface area (TPSA) is 40.2 Å². The molecule has 0 aliphatic carbocycles. The van der Waals surface area contributed by atoms with Gasteiger partial charge in [0.1, 0.15) is 22.7 Å². The molecule has 9 aromatic rings. The van der Waals surface area contributed by atoms with Crippen LogP contribution in [0.1, 0.15) is 79.0 Å².